The van der Waals surface area contributed by atoms with Gasteiger partial charge in [0.05, 0.1) is 17.8 Å². The van der Waals surface area contributed by atoms with Gasteiger partial charge in [0.1, 0.15) is 6.61 Å². The van der Waals surface area contributed by atoms with E-state index in [2.05, 4.69) is 31.8 Å². The van der Waals surface area contributed by atoms with Crippen molar-refractivity contribution in [2.75, 3.05) is 7.11 Å². The van der Waals surface area contributed by atoms with Crippen LogP contribution in [0.15, 0.2) is 39.9 Å². The molecule has 0 unspecified atom stereocenters. The Labute approximate surface area is 200 Å². The van der Waals surface area contributed by atoms with Gasteiger partial charge >= 0.3 is 6.03 Å². The first-order chi connectivity index (χ1) is 15.0. The third kappa shape index (κ3) is 7.02. The van der Waals surface area contributed by atoms with Crippen LogP contribution in [0, 0.1) is 0 Å². The summed E-state index contributed by atoms with van der Waals surface area (Å²) in [7, 11) is 1.56. The van der Waals surface area contributed by atoms with Crippen molar-refractivity contribution >= 4 is 51.4 Å². The largest absolute Gasteiger partial charge is 0.493 e. The first kappa shape index (κ1) is 23.7. The molecule has 0 bridgehead atoms. The fourth-order valence-electron chi connectivity index (χ4n) is 3.37. The minimum atomic E-state index is -0.297. The maximum absolute atomic E-state index is 12.0. The van der Waals surface area contributed by atoms with Crippen molar-refractivity contribution in [2.24, 2.45) is 5.10 Å². The van der Waals surface area contributed by atoms with Crippen LogP contribution in [0.4, 0.5) is 4.79 Å². The lowest BCUT2D eigenvalue weighted by molar-refractivity contribution is 0.233. The highest BCUT2D eigenvalue weighted by Crippen LogP contribution is 2.37. The van der Waals surface area contributed by atoms with E-state index in [1.807, 2.05) is 12.1 Å². The molecule has 0 radical (unpaired) electrons. The normalized spacial score (nSPS) is 14.5. The summed E-state index contributed by atoms with van der Waals surface area (Å²) in [5, 5.41) is 8.08. The van der Waals surface area contributed by atoms with Crippen LogP contribution in [0.25, 0.3) is 0 Å². The van der Waals surface area contributed by atoms with E-state index in [-0.39, 0.29) is 18.7 Å². The van der Waals surface area contributed by atoms with Gasteiger partial charge < -0.3 is 14.8 Å². The molecule has 1 aliphatic carbocycles. The van der Waals surface area contributed by atoms with Gasteiger partial charge in [-0.05, 0) is 58.6 Å². The van der Waals surface area contributed by atoms with E-state index < -0.39 is 0 Å². The van der Waals surface area contributed by atoms with Gasteiger partial charge in [-0.3, -0.25) is 0 Å². The molecule has 1 fully saturated rings. The smallest absolute Gasteiger partial charge is 0.335 e. The van der Waals surface area contributed by atoms with Crippen LogP contribution in [0.1, 0.15) is 43.2 Å². The van der Waals surface area contributed by atoms with E-state index in [9.17, 15) is 4.79 Å². The molecule has 2 aromatic carbocycles. The van der Waals surface area contributed by atoms with Crippen molar-refractivity contribution in [2.45, 2.75) is 44.8 Å². The Balaban J connectivity index is 1.61. The lowest BCUT2D eigenvalue weighted by atomic mass is 9.96. The van der Waals surface area contributed by atoms with Gasteiger partial charge in [0.2, 0.25) is 0 Å². The first-order valence-electron chi connectivity index (χ1n) is 10.00. The molecule has 0 heterocycles. The predicted molar refractivity (Wildman–Crippen MR) is 128 cm³/mol. The number of ether oxygens (including phenoxy) is 2. The fourth-order valence-corrected chi connectivity index (χ4v) is 4.41. The molecule has 0 aromatic heterocycles. The third-order valence-corrected chi connectivity index (χ3v) is 6.13. The summed E-state index contributed by atoms with van der Waals surface area (Å²) in [6.07, 6.45) is 7.13. The summed E-state index contributed by atoms with van der Waals surface area (Å²) in [6.45, 7) is 0.251. The zero-order valence-electron chi connectivity index (χ0n) is 17.1. The molecule has 0 aliphatic heterocycles. The van der Waals surface area contributed by atoms with Gasteiger partial charge in [0, 0.05) is 21.7 Å². The van der Waals surface area contributed by atoms with Gasteiger partial charge in [-0.25, -0.2) is 10.2 Å². The molecule has 31 heavy (non-hydrogen) atoms. The van der Waals surface area contributed by atoms with Gasteiger partial charge in [-0.15, -0.1) is 0 Å². The Morgan fingerprint density at radius 2 is 2.00 bits per heavy atom. The molecule has 3 rings (SSSR count). The first-order valence-corrected chi connectivity index (χ1v) is 11.5. The standard InChI is InChI=1S/C22H24BrCl2N3O3/c1-30-20-10-14(12-26-28-22(29)27-17-5-3-2-4-6-17)9-18(23)21(20)31-13-15-7-8-16(24)11-19(15)25/h7-12,17H,2-6,13H2,1H3,(H2,27,28,29)/b26-12-. The molecule has 2 aromatic rings. The van der Waals surface area contributed by atoms with Crippen LogP contribution in [0.3, 0.4) is 0 Å². The highest BCUT2D eigenvalue weighted by Gasteiger charge is 2.15. The molecule has 0 saturated heterocycles. The molecule has 0 atom stereocenters. The number of carbonyl (C=O) groups is 1. The second-order valence-corrected chi connectivity index (χ2v) is 8.93. The van der Waals surface area contributed by atoms with E-state index in [1.165, 1.54) is 6.42 Å². The Morgan fingerprint density at radius 3 is 2.71 bits per heavy atom. The van der Waals surface area contributed by atoms with Gasteiger partial charge in [-0.1, -0.05) is 48.5 Å². The van der Waals surface area contributed by atoms with Gasteiger partial charge in [0.25, 0.3) is 0 Å². The quantitative estimate of drug-likeness (QED) is 0.326. The molecule has 166 valence electrons. The van der Waals surface area contributed by atoms with Gasteiger partial charge in [-0.2, -0.15) is 5.10 Å². The maximum atomic E-state index is 12.0. The lowest BCUT2D eigenvalue weighted by Gasteiger charge is -2.22. The summed E-state index contributed by atoms with van der Waals surface area (Å²) >= 11 is 15.7. The van der Waals surface area contributed by atoms with Crippen LogP contribution >= 0.6 is 39.1 Å². The van der Waals surface area contributed by atoms with Crippen molar-refractivity contribution < 1.29 is 14.3 Å². The minimum Gasteiger partial charge on any atom is -0.493 e. The Bertz CT molecular complexity index is 950. The second-order valence-electron chi connectivity index (χ2n) is 7.24. The number of carbonyl (C=O) groups excluding carboxylic acids is 1. The summed E-state index contributed by atoms with van der Waals surface area (Å²) in [5.41, 5.74) is 4.05. The predicted octanol–water partition coefficient (Wildman–Crippen LogP) is 6.31. The average molecular weight is 529 g/mol. The number of hydrazone groups is 1. The molecular weight excluding hydrogens is 505 g/mol. The average Bonchev–Trinajstić information content (AvgIpc) is 2.74. The maximum Gasteiger partial charge on any atom is 0.335 e. The van der Waals surface area contributed by atoms with Crippen LogP contribution < -0.4 is 20.2 Å². The Morgan fingerprint density at radius 1 is 1.23 bits per heavy atom. The van der Waals surface area contributed by atoms with E-state index in [1.54, 1.807) is 31.5 Å². The number of urea groups is 1. The van der Waals surface area contributed by atoms with Crippen LogP contribution in [0.5, 0.6) is 11.5 Å². The number of hydrogen-bond acceptors (Lipinski definition) is 4. The number of hydrogen-bond donors (Lipinski definition) is 2. The van der Waals surface area contributed by atoms with Crippen molar-refractivity contribution in [1.29, 1.82) is 0 Å². The number of benzene rings is 2. The monoisotopic (exact) mass is 527 g/mol. The number of amides is 2. The van der Waals surface area contributed by atoms with Crippen molar-refractivity contribution in [3.63, 3.8) is 0 Å². The zero-order valence-corrected chi connectivity index (χ0v) is 20.2. The van der Waals surface area contributed by atoms with Crippen LogP contribution in [-0.4, -0.2) is 25.4 Å². The number of nitrogens with one attached hydrogen (secondary N) is 2. The zero-order chi connectivity index (χ0) is 22.2. The van der Waals surface area contributed by atoms with Crippen molar-refractivity contribution in [1.82, 2.24) is 10.7 Å². The van der Waals surface area contributed by atoms with E-state index in [0.717, 1.165) is 36.8 Å². The molecule has 2 N–H and O–H groups in total. The Hall–Kier alpha value is -1.96. The molecular formula is C22H24BrCl2N3O3. The molecule has 1 aliphatic rings. The highest BCUT2D eigenvalue weighted by molar-refractivity contribution is 9.10. The van der Waals surface area contributed by atoms with Crippen LogP contribution in [-0.2, 0) is 6.61 Å². The summed E-state index contributed by atoms with van der Waals surface area (Å²) in [6, 6.07) is 8.77. The number of nitrogens with zero attached hydrogens (tertiary/aromatic N) is 1. The Kier molecular flexibility index (Phi) is 8.87. The third-order valence-electron chi connectivity index (χ3n) is 4.96. The molecule has 2 amide bonds. The topological polar surface area (TPSA) is 72.0 Å². The van der Waals surface area contributed by atoms with E-state index >= 15 is 0 Å². The minimum absolute atomic E-state index is 0.226. The number of rotatable bonds is 7. The molecule has 1 saturated carbocycles. The van der Waals surface area contributed by atoms with E-state index in [0.29, 0.717) is 26.0 Å². The van der Waals surface area contributed by atoms with E-state index in [4.69, 9.17) is 32.7 Å². The number of halogens is 3. The van der Waals surface area contributed by atoms with Crippen molar-refractivity contribution in [3.05, 3.63) is 56.0 Å². The summed E-state index contributed by atoms with van der Waals surface area (Å²) < 4.78 is 12.1. The van der Waals surface area contributed by atoms with Gasteiger partial charge in [0.15, 0.2) is 11.5 Å². The molecule has 9 heteroatoms. The van der Waals surface area contributed by atoms with Crippen LogP contribution in [0.2, 0.25) is 10.0 Å². The van der Waals surface area contributed by atoms with Crippen molar-refractivity contribution in [3.8, 4) is 11.5 Å². The highest BCUT2D eigenvalue weighted by atomic mass is 79.9. The fraction of sp³-hybridized carbons (Fsp3) is 0.364. The molecule has 0 spiro atoms. The molecule has 6 nitrogen and oxygen atoms in total. The second kappa shape index (κ2) is 11.6. The summed E-state index contributed by atoms with van der Waals surface area (Å²) in [5.74, 6) is 1.06. The SMILES string of the molecule is COc1cc(/C=N\NC(=O)NC2CCCCC2)cc(Br)c1OCc1ccc(Cl)cc1Cl. The summed E-state index contributed by atoms with van der Waals surface area (Å²) in [4.78, 5) is 12.0. The number of methoxy groups -OCH3 is 1. The lowest BCUT2D eigenvalue weighted by Crippen LogP contribution is -2.41.